The molecule has 0 saturated carbocycles. The average molecular weight is 323 g/mol. The second-order valence-electron chi connectivity index (χ2n) is 4.57. The van der Waals surface area contributed by atoms with E-state index in [1.807, 2.05) is 24.3 Å². The molecule has 0 aliphatic carbocycles. The summed E-state index contributed by atoms with van der Waals surface area (Å²) in [4.78, 5) is 0. The maximum atomic E-state index is 13.2. The lowest BCUT2D eigenvalue weighted by molar-refractivity contribution is 0.220. The Balaban J connectivity index is 2.22. The van der Waals surface area contributed by atoms with E-state index in [0.29, 0.717) is 10.0 Å². The molecular weight excluding hydrogens is 307 g/mol. The fourth-order valence-corrected chi connectivity index (χ4v) is 2.43. The van der Waals surface area contributed by atoms with Gasteiger partial charge in [0.2, 0.25) is 0 Å². The molecule has 19 heavy (non-hydrogen) atoms. The molecule has 1 N–H and O–H groups in total. The molecule has 0 heterocycles. The Hall–Kier alpha value is -1.19. The lowest BCUT2D eigenvalue weighted by Crippen LogP contribution is -2.00. The molecule has 1 nitrogen and oxygen atoms in total. The fourth-order valence-electron chi connectivity index (χ4n) is 2.03. The summed E-state index contributed by atoms with van der Waals surface area (Å²) in [5.41, 5.74) is 2.76. The third-order valence-electron chi connectivity index (χ3n) is 3.09. The second kappa shape index (κ2) is 6.31. The van der Waals surface area contributed by atoms with Crippen molar-refractivity contribution in [3.05, 3.63) is 69.4 Å². The Morgan fingerprint density at radius 1 is 1.11 bits per heavy atom. The molecule has 2 aromatic rings. The van der Waals surface area contributed by atoms with E-state index in [4.69, 9.17) is 0 Å². The lowest BCUT2D eigenvalue weighted by atomic mass is 9.99. The molecule has 0 radical (unpaired) electrons. The summed E-state index contributed by atoms with van der Waals surface area (Å²) >= 11 is 3.13. The van der Waals surface area contributed by atoms with Crippen LogP contribution in [0.5, 0.6) is 0 Å². The standard InChI is InChI=1S/C16H16BrFO/c1-2-3-11-4-6-12(7-5-11)16(19)13-8-9-15(18)14(17)10-13/h4-10,16,19H,2-3H2,1H3. The van der Waals surface area contributed by atoms with Crippen molar-refractivity contribution >= 4 is 15.9 Å². The van der Waals surface area contributed by atoms with Crippen LogP contribution in [0.1, 0.15) is 36.1 Å². The van der Waals surface area contributed by atoms with Gasteiger partial charge >= 0.3 is 0 Å². The summed E-state index contributed by atoms with van der Waals surface area (Å²) in [7, 11) is 0. The number of aryl methyl sites for hydroxylation is 1. The molecule has 0 saturated heterocycles. The lowest BCUT2D eigenvalue weighted by Gasteiger charge is -2.12. The molecule has 1 unspecified atom stereocenters. The molecule has 100 valence electrons. The van der Waals surface area contributed by atoms with Gasteiger partial charge in [-0.3, -0.25) is 0 Å². The molecular formula is C16H16BrFO. The molecule has 0 aliphatic heterocycles. The Morgan fingerprint density at radius 2 is 1.74 bits per heavy atom. The Kier molecular flexibility index (Phi) is 4.72. The van der Waals surface area contributed by atoms with Crippen LogP contribution >= 0.6 is 15.9 Å². The van der Waals surface area contributed by atoms with Gasteiger partial charge in [0.05, 0.1) is 4.47 Å². The van der Waals surface area contributed by atoms with Crippen LogP contribution in [-0.2, 0) is 6.42 Å². The summed E-state index contributed by atoms with van der Waals surface area (Å²) < 4.78 is 13.5. The predicted molar refractivity (Wildman–Crippen MR) is 78.6 cm³/mol. The van der Waals surface area contributed by atoms with Crippen LogP contribution in [0.3, 0.4) is 0 Å². The third kappa shape index (κ3) is 3.43. The van der Waals surface area contributed by atoms with Crippen LogP contribution in [0.2, 0.25) is 0 Å². The number of hydrogen-bond donors (Lipinski definition) is 1. The van der Waals surface area contributed by atoms with Gasteiger partial charge in [-0.1, -0.05) is 43.7 Å². The highest BCUT2D eigenvalue weighted by molar-refractivity contribution is 9.10. The normalized spacial score (nSPS) is 12.4. The topological polar surface area (TPSA) is 20.2 Å². The predicted octanol–water partition coefficient (Wildman–Crippen LogP) is 4.62. The molecule has 0 spiro atoms. The molecule has 0 bridgehead atoms. The average Bonchev–Trinajstić information content (AvgIpc) is 2.42. The zero-order valence-corrected chi connectivity index (χ0v) is 12.3. The second-order valence-corrected chi connectivity index (χ2v) is 5.42. The van der Waals surface area contributed by atoms with Gasteiger partial charge in [-0.25, -0.2) is 4.39 Å². The smallest absolute Gasteiger partial charge is 0.137 e. The number of hydrogen-bond acceptors (Lipinski definition) is 1. The molecule has 1 atom stereocenters. The zero-order chi connectivity index (χ0) is 13.8. The van der Waals surface area contributed by atoms with Crippen LogP contribution < -0.4 is 0 Å². The van der Waals surface area contributed by atoms with Crippen molar-refractivity contribution in [1.29, 1.82) is 0 Å². The van der Waals surface area contributed by atoms with E-state index < -0.39 is 6.10 Å². The van der Waals surface area contributed by atoms with Gasteiger partial charge < -0.3 is 5.11 Å². The van der Waals surface area contributed by atoms with Crippen molar-refractivity contribution in [2.24, 2.45) is 0 Å². The van der Waals surface area contributed by atoms with E-state index in [1.54, 1.807) is 12.1 Å². The SMILES string of the molecule is CCCc1ccc(C(O)c2ccc(F)c(Br)c2)cc1. The summed E-state index contributed by atoms with van der Waals surface area (Å²) in [6.07, 6.45) is 1.42. The van der Waals surface area contributed by atoms with Gasteiger partial charge in [0, 0.05) is 0 Å². The number of rotatable bonds is 4. The minimum atomic E-state index is -0.729. The van der Waals surface area contributed by atoms with E-state index in [1.165, 1.54) is 11.6 Å². The quantitative estimate of drug-likeness (QED) is 0.870. The van der Waals surface area contributed by atoms with Crippen molar-refractivity contribution in [1.82, 2.24) is 0 Å². The van der Waals surface area contributed by atoms with E-state index in [-0.39, 0.29) is 5.82 Å². The fraction of sp³-hybridized carbons (Fsp3) is 0.250. The summed E-state index contributed by atoms with van der Waals surface area (Å²) in [6, 6.07) is 12.5. The number of benzene rings is 2. The maximum absolute atomic E-state index is 13.2. The first-order valence-electron chi connectivity index (χ1n) is 6.33. The molecule has 0 aliphatic rings. The van der Waals surface area contributed by atoms with Gasteiger partial charge in [-0.05, 0) is 51.2 Å². The van der Waals surface area contributed by atoms with Crippen molar-refractivity contribution in [2.75, 3.05) is 0 Å². The largest absolute Gasteiger partial charge is 0.384 e. The third-order valence-corrected chi connectivity index (χ3v) is 3.70. The molecule has 2 aromatic carbocycles. The maximum Gasteiger partial charge on any atom is 0.137 e. The summed E-state index contributed by atoms with van der Waals surface area (Å²) in [6.45, 7) is 2.14. The highest BCUT2D eigenvalue weighted by atomic mass is 79.9. The van der Waals surface area contributed by atoms with E-state index in [2.05, 4.69) is 22.9 Å². The Bertz CT molecular complexity index is 551. The van der Waals surface area contributed by atoms with Gasteiger partial charge in [0.15, 0.2) is 0 Å². The van der Waals surface area contributed by atoms with Gasteiger partial charge in [0.25, 0.3) is 0 Å². The first kappa shape index (κ1) is 14.2. The summed E-state index contributed by atoms with van der Waals surface area (Å²) in [5, 5.41) is 10.3. The van der Waals surface area contributed by atoms with Crippen LogP contribution in [-0.4, -0.2) is 5.11 Å². The summed E-state index contributed by atoms with van der Waals surface area (Å²) in [5.74, 6) is -0.325. The number of halogens is 2. The Labute approximate surface area is 121 Å². The number of aliphatic hydroxyl groups is 1. The highest BCUT2D eigenvalue weighted by Gasteiger charge is 2.12. The molecule has 0 amide bonds. The van der Waals surface area contributed by atoms with Crippen molar-refractivity contribution in [3.8, 4) is 0 Å². The Morgan fingerprint density at radius 3 is 2.32 bits per heavy atom. The van der Waals surface area contributed by atoms with Gasteiger partial charge in [0.1, 0.15) is 11.9 Å². The van der Waals surface area contributed by atoms with Crippen molar-refractivity contribution in [3.63, 3.8) is 0 Å². The molecule has 3 heteroatoms. The van der Waals surface area contributed by atoms with Crippen LogP contribution in [0.4, 0.5) is 4.39 Å². The number of aliphatic hydroxyl groups excluding tert-OH is 1. The minimum absolute atomic E-state index is 0.325. The minimum Gasteiger partial charge on any atom is -0.384 e. The molecule has 0 fully saturated rings. The van der Waals surface area contributed by atoms with Gasteiger partial charge in [-0.15, -0.1) is 0 Å². The van der Waals surface area contributed by atoms with Crippen molar-refractivity contribution in [2.45, 2.75) is 25.9 Å². The van der Waals surface area contributed by atoms with Crippen LogP contribution in [0.15, 0.2) is 46.9 Å². The highest BCUT2D eigenvalue weighted by Crippen LogP contribution is 2.26. The molecule has 2 rings (SSSR count). The molecule has 0 aromatic heterocycles. The first-order valence-corrected chi connectivity index (χ1v) is 7.13. The van der Waals surface area contributed by atoms with Crippen molar-refractivity contribution < 1.29 is 9.50 Å². The van der Waals surface area contributed by atoms with E-state index >= 15 is 0 Å². The van der Waals surface area contributed by atoms with Crippen LogP contribution in [0, 0.1) is 5.82 Å². The first-order chi connectivity index (χ1) is 9.11. The van der Waals surface area contributed by atoms with E-state index in [0.717, 1.165) is 18.4 Å². The monoisotopic (exact) mass is 322 g/mol. The van der Waals surface area contributed by atoms with Crippen LogP contribution in [0.25, 0.3) is 0 Å². The zero-order valence-electron chi connectivity index (χ0n) is 10.7. The van der Waals surface area contributed by atoms with E-state index in [9.17, 15) is 9.50 Å². The van der Waals surface area contributed by atoms with Gasteiger partial charge in [-0.2, -0.15) is 0 Å².